The fraction of sp³-hybridized carbons (Fsp3) is 0.227. The smallest absolute Gasteiger partial charge is 0.395 e. The van der Waals surface area contributed by atoms with Crippen molar-refractivity contribution in [3.8, 4) is 22.8 Å². The normalized spacial score (nSPS) is 13.3. The Balaban J connectivity index is 0.00000124. The number of hydrogen-bond acceptors (Lipinski definition) is 5. The Morgan fingerprint density at radius 3 is 2.27 bits per heavy atom. The van der Waals surface area contributed by atoms with Gasteiger partial charge in [0, 0.05) is 11.1 Å². The van der Waals surface area contributed by atoms with Gasteiger partial charge >= 0.3 is 6.29 Å². The number of nitrogens with zero attached hydrogens (tertiary/aromatic N) is 2. The molecule has 1 N–H and O–H groups in total. The number of aryl methyl sites for hydroxylation is 2. The first-order chi connectivity index (χ1) is 14.3. The Hall–Kier alpha value is -3.55. The first-order valence-electron chi connectivity index (χ1n) is 9.42. The van der Waals surface area contributed by atoms with Gasteiger partial charge in [0.2, 0.25) is 0 Å². The molecular formula is C22H21F2N3O3. The number of amides is 1. The maximum atomic E-state index is 13.2. The van der Waals surface area contributed by atoms with E-state index in [1.807, 2.05) is 32.9 Å². The van der Waals surface area contributed by atoms with E-state index < -0.39 is 6.29 Å². The van der Waals surface area contributed by atoms with Crippen molar-refractivity contribution in [2.75, 3.05) is 5.32 Å². The van der Waals surface area contributed by atoms with E-state index in [0.717, 1.165) is 5.56 Å². The molecule has 0 aliphatic carbocycles. The van der Waals surface area contributed by atoms with Crippen molar-refractivity contribution in [3.05, 3.63) is 65.5 Å². The van der Waals surface area contributed by atoms with Crippen molar-refractivity contribution >= 4 is 11.7 Å². The molecule has 0 fully saturated rings. The van der Waals surface area contributed by atoms with E-state index in [2.05, 4.69) is 24.8 Å². The number of rotatable bonds is 3. The lowest BCUT2D eigenvalue weighted by atomic mass is 10.1. The van der Waals surface area contributed by atoms with Gasteiger partial charge in [-0.1, -0.05) is 32.0 Å². The minimum atomic E-state index is -3.68. The highest BCUT2D eigenvalue weighted by Gasteiger charge is 2.43. The van der Waals surface area contributed by atoms with Crippen LogP contribution in [0.5, 0.6) is 11.5 Å². The summed E-state index contributed by atoms with van der Waals surface area (Å²) in [6, 6.07) is 10.1. The highest BCUT2D eigenvalue weighted by molar-refractivity contribution is 6.04. The number of fused-ring (bicyclic) bond motifs is 1. The summed E-state index contributed by atoms with van der Waals surface area (Å²) < 4.78 is 35.4. The van der Waals surface area contributed by atoms with Crippen LogP contribution in [0.4, 0.5) is 14.6 Å². The van der Waals surface area contributed by atoms with E-state index >= 15 is 0 Å². The molecule has 0 radical (unpaired) electrons. The van der Waals surface area contributed by atoms with Gasteiger partial charge in [0.15, 0.2) is 17.3 Å². The van der Waals surface area contributed by atoms with Gasteiger partial charge in [0.25, 0.3) is 5.91 Å². The highest BCUT2D eigenvalue weighted by Crippen LogP contribution is 2.44. The van der Waals surface area contributed by atoms with Crippen LogP contribution in [0, 0.1) is 13.8 Å². The monoisotopic (exact) mass is 413 g/mol. The van der Waals surface area contributed by atoms with Crippen LogP contribution < -0.4 is 14.8 Å². The summed E-state index contributed by atoms with van der Waals surface area (Å²) in [4.78, 5) is 20.8. The summed E-state index contributed by atoms with van der Waals surface area (Å²) in [5.74, 6) is -0.103. The van der Waals surface area contributed by atoms with Crippen molar-refractivity contribution in [2.24, 2.45) is 0 Å². The zero-order valence-electron chi connectivity index (χ0n) is 17.0. The van der Waals surface area contributed by atoms with Gasteiger partial charge in [0.1, 0.15) is 0 Å². The van der Waals surface area contributed by atoms with E-state index in [1.54, 1.807) is 19.1 Å². The van der Waals surface area contributed by atoms with Crippen LogP contribution in [0.3, 0.4) is 0 Å². The van der Waals surface area contributed by atoms with Crippen LogP contribution in [0.2, 0.25) is 0 Å². The molecule has 0 saturated heterocycles. The number of carbonyl (C=O) groups excluding carboxylic acids is 1. The largest absolute Gasteiger partial charge is 0.586 e. The number of aromatic nitrogens is 2. The number of benzene rings is 2. The van der Waals surface area contributed by atoms with Crippen molar-refractivity contribution in [1.29, 1.82) is 0 Å². The molecule has 0 saturated carbocycles. The fourth-order valence-electron chi connectivity index (χ4n) is 2.92. The Morgan fingerprint density at radius 2 is 1.63 bits per heavy atom. The SMILES string of the molecule is CC.Cc1ccccc1C(=O)Nc1cnc(-c2cc3c(cc2C)OC(F)(F)O3)cn1. The second-order valence-corrected chi connectivity index (χ2v) is 6.34. The van der Waals surface area contributed by atoms with E-state index in [-0.39, 0.29) is 23.2 Å². The summed E-state index contributed by atoms with van der Waals surface area (Å²) in [6.45, 7) is 7.58. The Morgan fingerprint density at radius 1 is 0.967 bits per heavy atom. The van der Waals surface area contributed by atoms with Crippen molar-refractivity contribution in [3.63, 3.8) is 0 Å². The van der Waals surface area contributed by atoms with Crippen LogP contribution in [0.15, 0.2) is 48.8 Å². The first kappa shape index (κ1) is 21.2. The maximum absolute atomic E-state index is 13.2. The average Bonchev–Trinajstić information content (AvgIpc) is 3.02. The predicted molar refractivity (Wildman–Crippen MR) is 109 cm³/mol. The van der Waals surface area contributed by atoms with Crippen LogP contribution in [0.25, 0.3) is 11.3 Å². The van der Waals surface area contributed by atoms with Crippen LogP contribution >= 0.6 is 0 Å². The maximum Gasteiger partial charge on any atom is 0.586 e. The quantitative estimate of drug-likeness (QED) is 0.626. The fourth-order valence-corrected chi connectivity index (χ4v) is 2.92. The Labute approximate surface area is 172 Å². The third kappa shape index (κ3) is 4.37. The van der Waals surface area contributed by atoms with E-state index in [9.17, 15) is 13.6 Å². The zero-order valence-corrected chi connectivity index (χ0v) is 17.0. The summed E-state index contributed by atoms with van der Waals surface area (Å²) in [7, 11) is 0. The van der Waals surface area contributed by atoms with Gasteiger partial charge in [0.05, 0.1) is 18.1 Å². The van der Waals surface area contributed by atoms with Gasteiger partial charge in [-0.3, -0.25) is 9.78 Å². The Kier molecular flexibility index (Phi) is 5.96. The molecule has 0 spiro atoms. The molecule has 30 heavy (non-hydrogen) atoms. The highest BCUT2D eigenvalue weighted by atomic mass is 19.3. The molecule has 1 amide bonds. The van der Waals surface area contributed by atoms with Crippen LogP contribution in [0.1, 0.15) is 35.3 Å². The third-order valence-electron chi connectivity index (χ3n) is 4.31. The first-order valence-corrected chi connectivity index (χ1v) is 9.42. The summed E-state index contributed by atoms with van der Waals surface area (Å²) in [5.41, 5.74) is 3.08. The number of nitrogens with one attached hydrogen (secondary N) is 1. The number of anilines is 1. The molecule has 0 atom stereocenters. The molecule has 1 aliphatic rings. The van der Waals surface area contributed by atoms with Crippen LogP contribution in [-0.2, 0) is 0 Å². The van der Waals surface area contributed by atoms with Crippen molar-refractivity contribution in [1.82, 2.24) is 9.97 Å². The number of alkyl halides is 2. The molecule has 2 heterocycles. The molecule has 156 valence electrons. The lowest BCUT2D eigenvalue weighted by molar-refractivity contribution is -0.286. The van der Waals surface area contributed by atoms with Gasteiger partial charge in [-0.15, -0.1) is 8.78 Å². The molecule has 4 rings (SSSR count). The average molecular weight is 413 g/mol. The standard InChI is InChI=1S/C20H15F2N3O3.C2H6/c1-11-5-3-4-6-13(11)19(26)25-18-10-23-15(9-24-18)14-8-17-16(7-12(14)2)27-20(21,22)28-17;1-2/h3-10H,1-2H3,(H,24,25,26);1-2H3. The predicted octanol–water partition coefficient (Wildman–Crippen LogP) is 5.36. The minimum absolute atomic E-state index is 0.0266. The number of carbonyl (C=O) groups is 1. The Bertz CT molecular complexity index is 1070. The molecule has 1 aliphatic heterocycles. The number of halogens is 2. The number of hydrogen-bond donors (Lipinski definition) is 1. The number of ether oxygens (including phenoxy) is 2. The zero-order chi connectivity index (χ0) is 21.9. The lowest BCUT2D eigenvalue weighted by Crippen LogP contribution is -2.25. The van der Waals surface area contributed by atoms with E-state index in [4.69, 9.17) is 0 Å². The topological polar surface area (TPSA) is 73.3 Å². The van der Waals surface area contributed by atoms with Gasteiger partial charge in [-0.05, 0) is 43.2 Å². The summed E-state index contributed by atoms with van der Waals surface area (Å²) >= 11 is 0. The van der Waals surface area contributed by atoms with Gasteiger partial charge < -0.3 is 14.8 Å². The van der Waals surface area contributed by atoms with E-state index in [1.165, 1.54) is 24.5 Å². The third-order valence-corrected chi connectivity index (χ3v) is 4.31. The van der Waals surface area contributed by atoms with Crippen molar-refractivity contribution in [2.45, 2.75) is 34.0 Å². The molecular weight excluding hydrogens is 392 g/mol. The van der Waals surface area contributed by atoms with E-state index in [0.29, 0.717) is 22.4 Å². The molecule has 0 unspecified atom stereocenters. The van der Waals surface area contributed by atoms with Gasteiger partial charge in [-0.2, -0.15) is 0 Å². The van der Waals surface area contributed by atoms with Crippen LogP contribution in [-0.4, -0.2) is 22.2 Å². The molecule has 1 aromatic heterocycles. The summed E-state index contributed by atoms with van der Waals surface area (Å²) in [6.07, 6.45) is -0.816. The van der Waals surface area contributed by atoms with Crippen molar-refractivity contribution < 1.29 is 23.0 Å². The molecule has 0 bridgehead atoms. The lowest BCUT2D eigenvalue weighted by Gasteiger charge is -2.09. The second kappa shape index (κ2) is 8.44. The minimum Gasteiger partial charge on any atom is -0.395 e. The second-order valence-electron chi connectivity index (χ2n) is 6.34. The van der Waals surface area contributed by atoms with Gasteiger partial charge in [-0.25, -0.2) is 4.98 Å². The summed E-state index contributed by atoms with van der Waals surface area (Å²) in [5, 5.41) is 2.69. The molecule has 6 nitrogen and oxygen atoms in total. The molecule has 2 aromatic carbocycles. The molecule has 8 heteroatoms. The molecule has 3 aromatic rings.